The molecule has 0 spiro atoms. The van der Waals surface area contributed by atoms with Gasteiger partial charge in [-0.2, -0.15) is 5.06 Å². The van der Waals surface area contributed by atoms with Crippen LogP contribution < -0.4 is 0 Å². The van der Waals surface area contributed by atoms with Gasteiger partial charge in [-0.05, 0) is 31.9 Å². The van der Waals surface area contributed by atoms with Crippen LogP contribution in [-0.4, -0.2) is 17.0 Å². The van der Waals surface area contributed by atoms with Crippen LogP contribution in [0.2, 0.25) is 0 Å². The van der Waals surface area contributed by atoms with E-state index in [-0.39, 0.29) is 17.9 Å². The third kappa shape index (κ3) is 4.41. The van der Waals surface area contributed by atoms with Crippen LogP contribution in [0.1, 0.15) is 44.4 Å². The molecule has 1 heterocycles. The Morgan fingerprint density at radius 2 is 1.61 bits per heavy atom. The molecule has 2 aromatic rings. The van der Waals surface area contributed by atoms with Gasteiger partial charge < -0.3 is 4.74 Å². The summed E-state index contributed by atoms with van der Waals surface area (Å²) in [5, 5.41) is 2.06. The van der Waals surface area contributed by atoms with Crippen LogP contribution in [0.3, 0.4) is 0 Å². The number of hydrogen-bond donors (Lipinski definition) is 0. The summed E-state index contributed by atoms with van der Waals surface area (Å²) in [5.41, 5.74) is 2.29. The first-order valence-corrected chi connectivity index (χ1v) is 8.21. The molecule has 3 rings (SSSR count). The Bertz CT molecular complexity index is 607. The minimum absolute atomic E-state index is 0.205. The molecule has 0 radical (unpaired) electrons. The Morgan fingerprint density at radius 3 is 2.22 bits per heavy atom. The molecule has 0 saturated carbocycles. The number of hydroxylamine groups is 2. The molecule has 1 fully saturated rings. The van der Waals surface area contributed by atoms with Gasteiger partial charge in [0, 0.05) is 13.0 Å². The third-order valence-corrected chi connectivity index (χ3v) is 3.87. The maximum Gasteiger partial charge on any atom is 0.180 e. The van der Waals surface area contributed by atoms with E-state index in [4.69, 9.17) is 9.57 Å². The fourth-order valence-electron chi connectivity index (χ4n) is 2.92. The Morgan fingerprint density at radius 1 is 1.00 bits per heavy atom. The lowest BCUT2D eigenvalue weighted by molar-refractivity contribution is -0.269. The van der Waals surface area contributed by atoms with Crippen molar-refractivity contribution in [3.8, 4) is 0 Å². The van der Waals surface area contributed by atoms with Crippen molar-refractivity contribution in [1.82, 2.24) is 5.06 Å². The molecule has 1 saturated heterocycles. The van der Waals surface area contributed by atoms with E-state index < -0.39 is 0 Å². The number of ether oxygens (including phenoxy) is 1. The van der Waals surface area contributed by atoms with Crippen molar-refractivity contribution in [3.05, 3.63) is 71.8 Å². The zero-order chi connectivity index (χ0) is 16.3. The van der Waals surface area contributed by atoms with E-state index in [1.165, 1.54) is 11.1 Å². The zero-order valence-electron chi connectivity index (χ0n) is 14.1. The summed E-state index contributed by atoms with van der Waals surface area (Å²) in [6.45, 7) is 6.94. The van der Waals surface area contributed by atoms with Crippen molar-refractivity contribution in [2.45, 2.75) is 51.7 Å². The van der Waals surface area contributed by atoms with Crippen LogP contribution in [0, 0.1) is 0 Å². The highest BCUT2D eigenvalue weighted by Crippen LogP contribution is 2.37. The molecule has 2 atom stereocenters. The predicted molar refractivity (Wildman–Crippen MR) is 91.5 cm³/mol. The third-order valence-electron chi connectivity index (χ3n) is 3.87. The van der Waals surface area contributed by atoms with Crippen molar-refractivity contribution in [2.75, 3.05) is 0 Å². The van der Waals surface area contributed by atoms with E-state index >= 15 is 0 Å². The van der Waals surface area contributed by atoms with Crippen LogP contribution in [0.15, 0.2) is 60.7 Å². The Balaban J connectivity index is 1.78. The van der Waals surface area contributed by atoms with Gasteiger partial charge in [-0.1, -0.05) is 60.7 Å². The molecule has 0 amide bonds. The van der Waals surface area contributed by atoms with Gasteiger partial charge in [0.1, 0.15) is 0 Å². The van der Waals surface area contributed by atoms with E-state index in [9.17, 15) is 0 Å². The van der Waals surface area contributed by atoms with Gasteiger partial charge in [-0.15, -0.1) is 0 Å². The van der Waals surface area contributed by atoms with Crippen LogP contribution >= 0.6 is 0 Å². The second-order valence-corrected chi connectivity index (χ2v) is 6.99. The first kappa shape index (κ1) is 16.2. The molecule has 3 heteroatoms. The van der Waals surface area contributed by atoms with Gasteiger partial charge in [0.05, 0.1) is 11.6 Å². The lowest BCUT2D eigenvalue weighted by atomic mass is 10.0. The smallest absolute Gasteiger partial charge is 0.180 e. The molecule has 122 valence electrons. The fraction of sp³-hybridized carbons (Fsp3) is 0.400. The number of rotatable bonds is 4. The highest BCUT2D eigenvalue weighted by molar-refractivity contribution is 5.20. The molecule has 1 aliphatic rings. The maximum absolute atomic E-state index is 6.12. The van der Waals surface area contributed by atoms with Gasteiger partial charge in [-0.25, -0.2) is 0 Å². The van der Waals surface area contributed by atoms with E-state index in [2.05, 4.69) is 74.4 Å². The van der Waals surface area contributed by atoms with Crippen LogP contribution in [-0.2, 0) is 16.1 Å². The van der Waals surface area contributed by atoms with Crippen molar-refractivity contribution in [1.29, 1.82) is 0 Å². The number of benzene rings is 2. The minimum atomic E-state index is -0.214. The summed E-state index contributed by atoms with van der Waals surface area (Å²) < 4.78 is 6.05. The van der Waals surface area contributed by atoms with E-state index in [0.717, 1.165) is 13.0 Å². The molecule has 23 heavy (non-hydrogen) atoms. The zero-order valence-corrected chi connectivity index (χ0v) is 14.1. The molecule has 3 nitrogen and oxygen atoms in total. The monoisotopic (exact) mass is 311 g/mol. The first-order valence-electron chi connectivity index (χ1n) is 8.21. The summed E-state index contributed by atoms with van der Waals surface area (Å²) in [5.74, 6) is 0. The molecule has 0 aromatic heterocycles. The maximum atomic E-state index is 6.12. The molecule has 2 aromatic carbocycles. The molecule has 0 bridgehead atoms. The molecule has 1 aliphatic heterocycles. The SMILES string of the molecule is CC(C)(C)O[C@@H]1C[C@H](c2ccccc2)N(Cc2ccccc2)O1. The van der Waals surface area contributed by atoms with E-state index in [0.29, 0.717) is 0 Å². The van der Waals surface area contributed by atoms with E-state index in [1.807, 2.05) is 12.1 Å². The van der Waals surface area contributed by atoms with Crippen molar-refractivity contribution < 1.29 is 9.57 Å². The predicted octanol–water partition coefficient (Wildman–Crippen LogP) is 4.71. The van der Waals surface area contributed by atoms with Gasteiger partial charge in [0.15, 0.2) is 6.29 Å². The lowest BCUT2D eigenvalue weighted by Gasteiger charge is -2.25. The van der Waals surface area contributed by atoms with Gasteiger partial charge >= 0.3 is 0 Å². The van der Waals surface area contributed by atoms with Crippen molar-refractivity contribution in [3.63, 3.8) is 0 Å². The largest absolute Gasteiger partial charge is 0.345 e. The summed E-state index contributed by atoms with van der Waals surface area (Å²) in [6.07, 6.45) is 0.637. The fourth-order valence-corrected chi connectivity index (χ4v) is 2.92. The average Bonchev–Trinajstić information content (AvgIpc) is 2.89. The van der Waals surface area contributed by atoms with Crippen LogP contribution in [0.5, 0.6) is 0 Å². The highest BCUT2D eigenvalue weighted by Gasteiger charge is 2.37. The average molecular weight is 311 g/mol. The quantitative estimate of drug-likeness (QED) is 0.816. The van der Waals surface area contributed by atoms with Crippen molar-refractivity contribution >= 4 is 0 Å². The van der Waals surface area contributed by atoms with Gasteiger partial charge in [0.25, 0.3) is 0 Å². The van der Waals surface area contributed by atoms with E-state index in [1.54, 1.807) is 0 Å². The lowest BCUT2D eigenvalue weighted by Crippen LogP contribution is -2.28. The molecule has 0 N–H and O–H groups in total. The summed E-state index contributed by atoms with van der Waals surface area (Å²) in [6, 6.07) is 21.1. The Hall–Kier alpha value is -1.68. The summed E-state index contributed by atoms with van der Waals surface area (Å²) >= 11 is 0. The van der Waals surface area contributed by atoms with Gasteiger partial charge in [-0.3, -0.25) is 4.84 Å². The molecule has 0 unspecified atom stereocenters. The van der Waals surface area contributed by atoms with Gasteiger partial charge in [0.2, 0.25) is 0 Å². The standard InChI is InChI=1S/C20H25NO2/c1-20(2,3)22-19-14-18(17-12-8-5-9-13-17)21(23-19)15-16-10-6-4-7-11-16/h4-13,18-19H,14-15H2,1-3H3/t18-,19+/m1/s1. The van der Waals surface area contributed by atoms with Crippen molar-refractivity contribution in [2.24, 2.45) is 0 Å². The normalized spacial score (nSPS) is 22.4. The summed E-state index contributed by atoms with van der Waals surface area (Å²) in [4.78, 5) is 6.12. The van der Waals surface area contributed by atoms with Crippen LogP contribution in [0.4, 0.5) is 0 Å². The minimum Gasteiger partial charge on any atom is -0.345 e. The Labute approximate surface area is 138 Å². The molecular formula is C20H25NO2. The molecular weight excluding hydrogens is 286 g/mol. The first-order chi connectivity index (χ1) is 11.0. The topological polar surface area (TPSA) is 21.7 Å². The second kappa shape index (κ2) is 6.83. The highest BCUT2D eigenvalue weighted by atomic mass is 16.8. The molecule has 0 aliphatic carbocycles. The number of hydrogen-bond acceptors (Lipinski definition) is 3. The summed E-state index contributed by atoms with van der Waals surface area (Å²) in [7, 11) is 0. The van der Waals surface area contributed by atoms with Crippen LogP contribution in [0.25, 0.3) is 0 Å². The number of nitrogens with zero attached hydrogens (tertiary/aromatic N) is 1. The Kier molecular flexibility index (Phi) is 4.81. The second-order valence-electron chi connectivity index (χ2n) is 6.99.